The Bertz CT molecular complexity index is 886. The first-order valence-electron chi connectivity index (χ1n) is 8.35. The number of hydrogen-bond acceptors (Lipinski definition) is 4. The summed E-state index contributed by atoms with van der Waals surface area (Å²) in [5, 5.41) is 11.7. The van der Waals surface area contributed by atoms with Crippen molar-refractivity contribution in [1.29, 1.82) is 5.26 Å². The zero-order chi connectivity index (χ0) is 18.7. The van der Waals surface area contributed by atoms with E-state index in [4.69, 9.17) is 10.00 Å². The van der Waals surface area contributed by atoms with Crippen molar-refractivity contribution in [1.82, 2.24) is 10.2 Å². The van der Waals surface area contributed by atoms with Crippen LogP contribution in [0.25, 0.3) is 0 Å². The molecule has 1 saturated heterocycles. The highest BCUT2D eigenvalue weighted by Gasteiger charge is 2.49. The van der Waals surface area contributed by atoms with Gasteiger partial charge in [0.15, 0.2) is 0 Å². The van der Waals surface area contributed by atoms with Crippen molar-refractivity contribution >= 4 is 11.9 Å². The molecule has 0 bridgehead atoms. The van der Waals surface area contributed by atoms with Gasteiger partial charge in [0.2, 0.25) is 0 Å². The van der Waals surface area contributed by atoms with Gasteiger partial charge in [-0.25, -0.2) is 4.79 Å². The summed E-state index contributed by atoms with van der Waals surface area (Å²) >= 11 is 0. The Balaban J connectivity index is 1.88. The number of rotatable bonds is 5. The molecule has 2 aromatic carbocycles. The Kier molecular flexibility index (Phi) is 4.63. The summed E-state index contributed by atoms with van der Waals surface area (Å²) in [5.74, 6) is 0.320. The third kappa shape index (κ3) is 3.00. The maximum absolute atomic E-state index is 13.0. The number of amides is 3. The van der Waals surface area contributed by atoms with Gasteiger partial charge in [-0.15, -0.1) is 0 Å². The van der Waals surface area contributed by atoms with Crippen molar-refractivity contribution in [2.45, 2.75) is 25.9 Å². The average molecular weight is 349 g/mol. The number of para-hydroxylation sites is 1. The molecule has 2 aromatic rings. The molecule has 3 rings (SSSR count). The molecular weight excluding hydrogens is 330 g/mol. The number of carbonyl (C=O) groups excluding carboxylic acids is 2. The van der Waals surface area contributed by atoms with E-state index in [1.807, 2.05) is 37.3 Å². The Morgan fingerprint density at radius 2 is 1.85 bits per heavy atom. The van der Waals surface area contributed by atoms with Crippen molar-refractivity contribution in [3.63, 3.8) is 0 Å². The lowest BCUT2D eigenvalue weighted by atomic mass is 9.91. The molecule has 6 nitrogen and oxygen atoms in total. The zero-order valence-electron chi connectivity index (χ0n) is 14.7. The minimum absolute atomic E-state index is 0.132. The lowest BCUT2D eigenvalue weighted by molar-refractivity contribution is -0.131. The average Bonchev–Trinajstić information content (AvgIpc) is 2.87. The molecule has 1 N–H and O–H groups in total. The van der Waals surface area contributed by atoms with E-state index in [0.29, 0.717) is 23.5 Å². The Morgan fingerprint density at radius 1 is 1.15 bits per heavy atom. The maximum atomic E-state index is 13.0. The highest BCUT2D eigenvalue weighted by Crippen LogP contribution is 2.31. The Labute approximate surface area is 152 Å². The normalized spacial score (nSPS) is 19.2. The maximum Gasteiger partial charge on any atom is 0.325 e. The van der Waals surface area contributed by atoms with E-state index >= 15 is 0 Å². The third-order valence-corrected chi connectivity index (χ3v) is 4.47. The van der Waals surface area contributed by atoms with Gasteiger partial charge in [-0.1, -0.05) is 30.3 Å². The van der Waals surface area contributed by atoms with E-state index in [1.54, 1.807) is 31.2 Å². The molecule has 26 heavy (non-hydrogen) atoms. The fourth-order valence-electron chi connectivity index (χ4n) is 3.02. The van der Waals surface area contributed by atoms with Crippen molar-refractivity contribution < 1.29 is 14.3 Å². The van der Waals surface area contributed by atoms with E-state index in [-0.39, 0.29) is 12.5 Å². The van der Waals surface area contributed by atoms with Crippen LogP contribution < -0.4 is 10.1 Å². The second kappa shape index (κ2) is 6.89. The second-order valence-corrected chi connectivity index (χ2v) is 6.18. The first kappa shape index (κ1) is 17.5. The monoisotopic (exact) mass is 349 g/mol. The van der Waals surface area contributed by atoms with Crippen LogP contribution >= 0.6 is 0 Å². The summed E-state index contributed by atoms with van der Waals surface area (Å²) in [6.45, 7) is 4.18. The van der Waals surface area contributed by atoms with Crippen LogP contribution in [0.2, 0.25) is 0 Å². The first-order chi connectivity index (χ1) is 12.5. The summed E-state index contributed by atoms with van der Waals surface area (Å²) in [4.78, 5) is 26.7. The summed E-state index contributed by atoms with van der Waals surface area (Å²) < 4.78 is 5.58. The lowest BCUT2D eigenvalue weighted by Crippen LogP contribution is -2.40. The number of benzene rings is 2. The first-order valence-corrected chi connectivity index (χ1v) is 8.35. The summed E-state index contributed by atoms with van der Waals surface area (Å²) in [6.07, 6.45) is 0. The number of urea groups is 1. The van der Waals surface area contributed by atoms with Gasteiger partial charge in [0.1, 0.15) is 11.3 Å². The summed E-state index contributed by atoms with van der Waals surface area (Å²) in [6, 6.07) is 15.6. The molecule has 132 valence electrons. The number of nitrogens with zero attached hydrogens (tertiary/aromatic N) is 2. The summed E-state index contributed by atoms with van der Waals surface area (Å²) in [5.41, 5.74) is 0.736. The van der Waals surface area contributed by atoms with E-state index in [1.165, 1.54) is 4.90 Å². The molecule has 1 aliphatic heterocycles. The third-order valence-electron chi connectivity index (χ3n) is 4.47. The second-order valence-electron chi connectivity index (χ2n) is 6.18. The summed E-state index contributed by atoms with van der Waals surface area (Å²) in [7, 11) is 0. The standard InChI is InChI=1S/C20H19N3O3/c1-3-26-17-7-5-4-6-15(17)13-23-18(24)20(2,22-19(23)25)16-10-8-14(12-21)9-11-16/h4-11H,3,13H2,1-2H3,(H,22,25). The molecule has 6 heteroatoms. The lowest BCUT2D eigenvalue weighted by Gasteiger charge is -2.22. The predicted octanol–water partition coefficient (Wildman–Crippen LogP) is 2.92. The van der Waals surface area contributed by atoms with Gasteiger partial charge in [0.25, 0.3) is 5.91 Å². The van der Waals surface area contributed by atoms with Crippen LogP contribution in [0.4, 0.5) is 4.79 Å². The molecule has 0 aliphatic carbocycles. The Morgan fingerprint density at radius 3 is 2.50 bits per heavy atom. The largest absolute Gasteiger partial charge is 0.494 e. The van der Waals surface area contributed by atoms with Gasteiger partial charge >= 0.3 is 6.03 Å². The van der Waals surface area contributed by atoms with Crippen LogP contribution in [-0.2, 0) is 16.9 Å². The minimum Gasteiger partial charge on any atom is -0.494 e. The van der Waals surface area contributed by atoms with Crippen molar-refractivity contribution in [2.75, 3.05) is 6.61 Å². The quantitative estimate of drug-likeness (QED) is 0.842. The van der Waals surface area contributed by atoms with E-state index in [2.05, 4.69) is 5.32 Å². The number of nitriles is 1. The predicted molar refractivity (Wildman–Crippen MR) is 95.2 cm³/mol. The van der Waals surface area contributed by atoms with Gasteiger partial charge in [-0.2, -0.15) is 5.26 Å². The number of imide groups is 1. The highest BCUT2D eigenvalue weighted by molar-refractivity contribution is 6.07. The highest BCUT2D eigenvalue weighted by atomic mass is 16.5. The molecule has 1 aliphatic rings. The zero-order valence-corrected chi connectivity index (χ0v) is 14.7. The van der Waals surface area contributed by atoms with Crippen molar-refractivity contribution in [3.05, 3.63) is 65.2 Å². The van der Waals surface area contributed by atoms with Gasteiger partial charge in [0.05, 0.1) is 24.8 Å². The molecular formula is C20H19N3O3. The number of ether oxygens (including phenoxy) is 1. The van der Waals surface area contributed by atoms with Gasteiger partial charge in [0, 0.05) is 5.56 Å². The van der Waals surface area contributed by atoms with Crippen molar-refractivity contribution in [2.24, 2.45) is 0 Å². The topological polar surface area (TPSA) is 82.4 Å². The van der Waals surface area contributed by atoms with Crippen LogP contribution in [0, 0.1) is 11.3 Å². The molecule has 0 aromatic heterocycles. The molecule has 0 radical (unpaired) electrons. The smallest absolute Gasteiger partial charge is 0.325 e. The van der Waals surface area contributed by atoms with Crippen LogP contribution in [-0.4, -0.2) is 23.4 Å². The van der Waals surface area contributed by atoms with Crippen LogP contribution in [0.3, 0.4) is 0 Å². The Hall–Kier alpha value is -3.33. The van der Waals surface area contributed by atoms with Crippen LogP contribution in [0.5, 0.6) is 5.75 Å². The van der Waals surface area contributed by atoms with Crippen LogP contribution in [0.1, 0.15) is 30.5 Å². The van der Waals surface area contributed by atoms with E-state index in [9.17, 15) is 9.59 Å². The molecule has 0 saturated carbocycles. The number of hydrogen-bond donors (Lipinski definition) is 1. The van der Waals surface area contributed by atoms with E-state index < -0.39 is 11.6 Å². The molecule has 0 spiro atoms. The molecule has 1 fully saturated rings. The minimum atomic E-state index is -1.16. The fraction of sp³-hybridized carbons (Fsp3) is 0.250. The molecule has 3 amide bonds. The van der Waals surface area contributed by atoms with Crippen LogP contribution in [0.15, 0.2) is 48.5 Å². The number of carbonyl (C=O) groups is 2. The SMILES string of the molecule is CCOc1ccccc1CN1C(=O)NC(C)(c2ccc(C#N)cc2)C1=O. The fourth-order valence-corrected chi connectivity index (χ4v) is 3.02. The van der Waals surface area contributed by atoms with E-state index in [0.717, 1.165) is 5.56 Å². The molecule has 1 unspecified atom stereocenters. The van der Waals surface area contributed by atoms with Gasteiger partial charge in [-0.05, 0) is 37.6 Å². The number of nitrogens with one attached hydrogen (secondary N) is 1. The van der Waals surface area contributed by atoms with Gasteiger partial charge < -0.3 is 10.1 Å². The molecule has 1 heterocycles. The van der Waals surface area contributed by atoms with Gasteiger partial charge in [-0.3, -0.25) is 9.69 Å². The molecule has 1 atom stereocenters. The van der Waals surface area contributed by atoms with Crippen molar-refractivity contribution in [3.8, 4) is 11.8 Å².